The molecule has 226 valence electrons. The Morgan fingerprint density at radius 3 is 2.31 bits per heavy atom. The molecule has 1 aliphatic carbocycles. The molecule has 5 rings (SSSR count). The zero-order valence-electron chi connectivity index (χ0n) is 23.8. The van der Waals surface area contributed by atoms with Gasteiger partial charge in [0.15, 0.2) is 0 Å². The summed E-state index contributed by atoms with van der Waals surface area (Å²) in [5, 5.41) is 2.64. The van der Waals surface area contributed by atoms with Crippen LogP contribution in [0.15, 0.2) is 48.5 Å². The topological polar surface area (TPSA) is 69.7 Å². The lowest BCUT2D eigenvalue weighted by Gasteiger charge is -2.51. The molecule has 0 bridgehead atoms. The van der Waals surface area contributed by atoms with Gasteiger partial charge in [-0.1, -0.05) is 49.6 Å². The molecule has 3 amide bonds. The van der Waals surface area contributed by atoms with Gasteiger partial charge in [0.25, 0.3) is 5.91 Å². The Bertz CT molecular complexity index is 1300. The molecule has 1 saturated carbocycles. The smallest absolute Gasteiger partial charge is 0.345 e. The summed E-state index contributed by atoms with van der Waals surface area (Å²) in [6.07, 6.45) is 1.02. The standard InChI is InChI=1S/C32H37F4N3O3/c1-38-20-25(21-8-4-2-5-9-21)31(19-27(38)40)14-16-39(17-15-31)30(42)28(22-10-6-3-7-11-22)37-29(41)24-18-23(32(34,35)36)12-13-26(24)33/h2,4-5,8-9,12-13,18,22,25,28H,3,6-7,10-11,14-17,19-20H2,1H3,(H,37,41)/t25?,28-/m1/s1. The lowest BCUT2D eigenvalue weighted by Crippen LogP contribution is -2.57. The summed E-state index contributed by atoms with van der Waals surface area (Å²) in [5.41, 5.74) is -0.998. The Labute approximate surface area is 243 Å². The number of carbonyl (C=O) groups is 3. The molecule has 2 aliphatic heterocycles. The summed E-state index contributed by atoms with van der Waals surface area (Å²) >= 11 is 0. The van der Waals surface area contributed by atoms with Crippen molar-refractivity contribution in [3.8, 4) is 0 Å². The van der Waals surface area contributed by atoms with Crippen LogP contribution >= 0.6 is 0 Å². The van der Waals surface area contributed by atoms with Crippen molar-refractivity contribution in [2.75, 3.05) is 26.7 Å². The Kier molecular flexibility index (Phi) is 8.62. The van der Waals surface area contributed by atoms with Gasteiger partial charge in [0.1, 0.15) is 11.9 Å². The van der Waals surface area contributed by atoms with Crippen molar-refractivity contribution in [2.24, 2.45) is 11.3 Å². The van der Waals surface area contributed by atoms with E-state index in [0.29, 0.717) is 69.9 Å². The minimum atomic E-state index is -4.74. The summed E-state index contributed by atoms with van der Waals surface area (Å²) in [6, 6.07) is 10.8. The zero-order valence-corrected chi connectivity index (χ0v) is 23.8. The number of benzene rings is 2. The van der Waals surface area contributed by atoms with E-state index >= 15 is 0 Å². The molecule has 2 heterocycles. The van der Waals surface area contributed by atoms with Crippen molar-refractivity contribution in [1.29, 1.82) is 0 Å². The van der Waals surface area contributed by atoms with E-state index in [2.05, 4.69) is 17.4 Å². The second-order valence-corrected chi connectivity index (χ2v) is 12.1. The maximum atomic E-state index is 14.5. The van der Waals surface area contributed by atoms with Crippen molar-refractivity contribution in [2.45, 2.75) is 69.5 Å². The largest absolute Gasteiger partial charge is 0.416 e. The molecule has 1 spiro atoms. The number of carbonyl (C=O) groups excluding carboxylic acids is 3. The summed E-state index contributed by atoms with van der Waals surface area (Å²) in [7, 11) is 1.81. The Morgan fingerprint density at radius 2 is 1.67 bits per heavy atom. The Hall–Kier alpha value is -3.43. The van der Waals surface area contributed by atoms with Gasteiger partial charge >= 0.3 is 6.18 Å². The van der Waals surface area contributed by atoms with Crippen LogP contribution in [0.25, 0.3) is 0 Å². The normalized spacial score (nSPS) is 22.2. The Morgan fingerprint density at radius 1 is 1.00 bits per heavy atom. The van der Waals surface area contributed by atoms with Gasteiger partial charge in [-0.2, -0.15) is 13.2 Å². The molecule has 2 atom stereocenters. The molecule has 3 fully saturated rings. The van der Waals surface area contributed by atoms with Crippen molar-refractivity contribution < 1.29 is 31.9 Å². The van der Waals surface area contributed by atoms with Crippen molar-refractivity contribution in [1.82, 2.24) is 15.1 Å². The quantitative estimate of drug-likeness (QED) is 0.451. The second-order valence-electron chi connectivity index (χ2n) is 12.1. The van der Waals surface area contributed by atoms with E-state index in [-0.39, 0.29) is 29.1 Å². The number of likely N-dealkylation sites (N-methyl/N-ethyl adjacent to an activating group) is 1. The van der Waals surface area contributed by atoms with Crippen LogP contribution in [0.4, 0.5) is 17.6 Å². The molecule has 2 aromatic carbocycles. The molecule has 2 saturated heterocycles. The van der Waals surface area contributed by atoms with E-state index in [0.717, 1.165) is 24.8 Å². The third-order valence-corrected chi connectivity index (χ3v) is 9.61. The van der Waals surface area contributed by atoms with Crippen LogP contribution in [0.1, 0.15) is 78.8 Å². The predicted octanol–water partition coefficient (Wildman–Crippen LogP) is 5.78. The fourth-order valence-corrected chi connectivity index (χ4v) is 7.11. The van der Waals surface area contributed by atoms with Crippen LogP contribution in [-0.4, -0.2) is 60.2 Å². The van der Waals surface area contributed by atoms with Gasteiger partial charge < -0.3 is 15.1 Å². The number of alkyl halides is 3. The van der Waals surface area contributed by atoms with Gasteiger partial charge in [0.05, 0.1) is 11.1 Å². The summed E-state index contributed by atoms with van der Waals surface area (Å²) in [5.74, 6) is -2.39. The molecule has 6 nitrogen and oxygen atoms in total. The first kappa shape index (κ1) is 30.0. The summed E-state index contributed by atoms with van der Waals surface area (Å²) in [6.45, 7) is 1.40. The first-order chi connectivity index (χ1) is 20.0. The maximum absolute atomic E-state index is 14.5. The SMILES string of the molecule is CN1CC(c2ccccc2)C2(CCN(C(=O)[C@H](NC(=O)c3cc(C(F)(F)F)ccc3F)C3CCCCC3)CC2)CC1=O. The summed E-state index contributed by atoms with van der Waals surface area (Å²) in [4.78, 5) is 43.5. The zero-order chi connectivity index (χ0) is 30.1. The molecule has 0 radical (unpaired) electrons. The fourth-order valence-electron chi connectivity index (χ4n) is 7.11. The average Bonchev–Trinajstić information content (AvgIpc) is 2.98. The van der Waals surface area contributed by atoms with Crippen LogP contribution in [0.3, 0.4) is 0 Å². The maximum Gasteiger partial charge on any atom is 0.416 e. The van der Waals surface area contributed by atoms with Crippen LogP contribution in [0.5, 0.6) is 0 Å². The predicted molar refractivity (Wildman–Crippen MR) is 149 cm³/mol. The van der Waals surface area contributed by atoms with Gasteiger partial charge in [0, 0.05) is 39.0 Å². The van der Waals surface area contributed by atoms with E-state index in [9.17, 15) is 31.9 Å². The molecule has 10 heteroatoms. The highest BCUT2D eigenvalue weighted by molar-refractivity contribution is 5.98. The average molecular weight is 588 g/mol. The van der Waals surface area contributed by atoms with Gasteiger partial charge in [-0.3, -0.25) is 14.4 Å². The fraction of sp³-hybridized carbons (Fsp3) is 0.531. The lowest BCUT2D eigenvalue weighted by atomic mass is 9.62. The summed E-state index contributed by atoms with van der Waals surface area (Å²) < 4.78 is 54.4. The van der Waals surface area contributed by atoms with Crippen LogP contribution < -0.4 is 5.32 Å². The monoisotopic (exact) mass is 587 g/mol. The molecule has 1 N–H and O–H groups in total. The first-order valence-electron chi connectivity index (χ1n) is 14.7. The van der Waals surface area contributed by atoms with Crippen molar-refractivity contribution >= 4 is 17.7 Å². The van der Waals surface area contributed by atoms with E-state index in [1.807, 2.05) is 25.2 Å². The first-order valence-corrected chi connectivity index (χ1v) is 14.7. The van der Waals surface area contributed by atoms with Gasteiger partial charge in [-0.05, 0) is 60.8 Å². The molecular weight excluding hydrogens is 550 g/mol. The minimum absolute atomic E-state index is 0.0809. The van der Waals surface area contributed by atoms with Gasteiger partial charge in [0.2, 0.25) is 11.8 Å². The highest BCUT2D eigenvalue weighted by Crippen LogP contribution is 2.50. The highest BCUT2D eigenvalue weighted by Gasteiger charge is 2.49. The molecule has 0 aromatic heterocycles. The molecular formula is C32H37F4N3O3. The number of rotatable bonds is 5. The minimum Gasteiger partial charge on any atom is -0.345 e. The van der Waals surface area contributed by atoms with E-state index in [1.54, 1.807) is 9.80 Å². The van der Waals surface area contributed by atoms with Crippen LogP contribution in [0.2, 0.25) is 0 Å². The third-order valence-electron chi connectivity index (χ3n) is 9.61. The molecule has 1 unspecified atom stereocenters. The van der Waals surface area contributed by atoms with Crippen LogP contribution in [0, 0.1) is 17.2 Å². The van der Waals surface area contributed by atoms with Crippen molar-refractivity contribution in [3.63, 3.8) is 0 Å². The number of likely N-dealkylation sites (tertiary alicyclic amines) is 2. The van der Waals surface area contributed by atoms with E-state index < -0.39 is 35.1 Å². The van der Waals surface area contributed by atoms with E-state index in [1.165, 1.54) is 0 Å². The second kappa shape index (κ2) is 12.1. The van der Waals surface area contributed by atoms with Crippen LogP contribution in [-0.2, 0) is 15.8 Å². The third kappa shape index (κ3) is 6.17. The molecule has 2 aromatic rings. The number of amides is 3. The highest BCUT2D eigenvalue weighted by atomic mass is 19.4. The molecule has 42 heavy (non-hydrogen) atoms. The van der Waals surface area contributed by atoms with E-state index in [4.69, 9.17) is 0 Å². The number of halogens is 4. The number of nitrogens with one attached hydrogen (secondary N) is 1. The molecule has 3 aliphatic rings. The number of piperidine rings is 2. The van der Waals surface area contributed by atoms with Crippen molar-refractivity contribution in [3.05, 3.63) is 71.0 Å². The number of hydrogen-bond donors (Lipinski definition) is 1. The Balaban J connectivity index is 1.35. The van der Waals surface area contributed by atoms with Gasteiger partial charge in [-0.25, -0.2) is 4.39 Å². The number of hydrogen-bond acceptors (Lipinski definition) is 3. The lowest BCUT2D eigenvalue weighted by molar-refractivity contribution is -0.143. The van der Waals surface area contributed by atoms with Gasteiger partial charge in [-0.15, -0.1) is 0 Å². The number of nitrogens with zero attached hydrogens (tertiary/aromatic N) is 2.